The van der Waals surface area contributed by atoms with E-state index in [1.54, 1.807) is 20.1 Å². The molecule has 4 nitrogen and oxygen atoms in total. The van der Waals surface area contributed by atoms with Crippen LogP contribution in [0.4, 0.5) is 0 Å². The third-order valence-electron chi connectivity index (χ3n) is 2.48. The van der Waals surface area contributed by atoms with Crippen molar-refractivity contribution in [2.24, 2.45) is 0 Å². The number of ether oxygens (including phenoxy) is 2. The zero-order valence-corrected chi connectivity index (χ0v) is 14.9. The number of methoxy groups -OCH3 is 1. The van der Waals surface area contributed by atoms with Crippen LogP contribution in [0.15, 0.2) is 36.4 Å². The lowest BCUT2D eigenvalue weighted by Crippen LogP contribution is -2.29. The highest BCUT2D eigenvalue weighted by Gasteiger charge is 2.18. The molecule has 0 fully saturated rings. The lowest BCUT2D eigenvalue weighted by atomic mass is 10.2. The van der Waals surface area contributed by atoms with E-state index < -0.39 is 14.3 Å². The van der Waals surface area contributed by atoms with Gasteiger partial charge in [-0.3, -0.25) is 0 Å². The van der Waals surface area contributed by atoms with Gasteiger partial charge < -0.3 is 13.9 Å². The molecule has 0 aliphatic rings. The van der Waals surface area contributed by atoms with Crippen LogP contribution in [0, 0.1) is 0 Å². The first-order valence-corrected chi connectivity index (χ1v) is 10.5. The average molecular weight is 320 g/mol. The van der Waals surface area contributed by atoms with Crippen LogP contribution < -0.4 is 9.16 Å². The van der Waals surface area contributed by atoms with Gasteiger partial charge in [0.05, 0.1) is 7.11 Å². The van der Waals surface area contributed by atoms with Gasteiger partial charge in [0.2, 0.25) is 8.32 Å². The Kier molecular flexibility index (Phi) is 6.43. The molecule has 0 unspecified atom stereocenters. The Morgan fingerprint density at radius 3 is 2.50 bits per heavy atom. The van der Waals surface area contributed by atoms with Crippen molar-refractivity contribution in [1.29, 1.82) is 0 Å². The van der Waals surface area contributed by atoms with Gasteiger partial charge in [-0.2, -0.15) is 0 Å². The van der Waals surface area contributed by atoms with E-state index in [1.807, 2.05) is 18.2 Å². The summed E-state index contributed by atoms with van der Waals surface area (Å²) in [6.45, 7) is 12.0. The SMILES string of the molecule is C=C(C)COC(=O)/C=C/c1ccc(OC)c(O[Si](C)(C)C)c1. The topological polar surface area (TPSA) is 44.8 Å². The van der Waals surface area contributed by atoms with Gasteiger partial charge in [-0.1, -0.05) is 12.6 Å². The minimum Gasteiger partial charge on any atom is -0.542 e. The van der Waals surface area contributed by atoms with E-state index >= 15 is 0 Å². The molecule has 22 heavy (non-hydrogen) atoms. The third kappa shape index (κ3) is 6.63. The number of hydrogen-bond donors (Lipinski definition) is 0. The summed E-state index contributed by atoms with van der Waals surface area (Å²) in [4.78, 5) is 11.6. The lowest BCUT2D eigenvalue weighted by molar-refractivity contribution is -0.136. The van der Waals surface area contributed by atoms with Crippen LogP contribution in [-0.2, 0) is 9.53 Å². The zero-order chi connectivity index (χ0) is 16.8. The van der Waals surface area contributed by atoms with Gasteiger partial charge in [0, 0.05) is 6.08 Å². The number of hydrogen-bond acceptors (Lipinski definition) is 4. The number of benzene rings is 1. The van der Waals surface area contributed by atoms with Crippen LogP contribution in [0.25, 0.3) is 6.08 Å². The van der Waals surface area contributed by atoms with E-state index in [-0.39, 0.29) is 6.61 Å². The van der Waals surface area contributed by atoms with E-state index in [1.165, 1.54) is 6.08 Å². The van der Waals surface area contributed by atoms with Crippen LogP contribution in [0.3, 0.4) is 0 Å². The van der Waals surface area contributed by atoms with E-state index in [2.05, 4.69) is 26.2 Å². The summed E-state index contributed by atoms with van der Waals surface area (Å²) in [6, 6.07) is 5.55. The molecular weight excluding hydrogens is 296 g/mol. The Balaban J connectivity index is 2.85. The van der Waals surface area contributed by atoms with Gasteiger partial charge in [-0.25, -0.2) is 4.79 Å². The summed E-state index contributed by atoms with van der Waals surface area (Å²) >= 11 is 0. The Morgan fingerprint density at radius 1 is 1.27 bits per heavy atom. The molecular formula is C17H24O4Si. The van der Waals surface area contributed by atoms with E-state index in [9.17, 15) is 4.79 Å². The first-order chi connectivity index (χ1) is 10.2. The Bertz CT molecular complexity index is 571. The minimum atomic E-state index is -1.74. The zero-order valence-electron chi connectivity index (χ0n) is 13.9. The molecule has 120 valence electrons. The molecule has 0 amide bonds. The summed E-state index contributed by atoms with van der Waals surface area (Å²) < 4.78 is 16.3. The van der Waals surface area contributed by atoms with Gasteiger partial charge in [0.1, 0.15) is 12.4 Å². The molecule has 0 saturated heterocycles. The Morgan fingerprint density at radius 2 is 1.95 bits per heavy atom. The maximum Gasteiger partial charge on any atom is 0.331 e. The van der Waals surface area contributed by atoms with E-state index in [0.717, 1.165) is 11.1 Å². The molecule has 0 aliphatic heterocycles. The predicted octanol–water partition coefficient (Wildman–Crippen LogP) is 4.04. The van der Waals surface area contributed by atoms with Gasteiger partial charge in [-0.15, -0.1) is 0 Å². The van der Waals surface area contributed by atoms with Crippen LogP contribution in [0.2, 0.25) is 19.6 Å². The highest BCUT2D eigenvalue weighted by atomic mass is 28.4. The molecule has 0 bridgehead atoms. The smallest absolute Gasteiger partial charge is 0.331 e. The minimum absolute atomic E-state index is 0.232. The first-order valence-electron chi connectivity index (χ1n) is 7.07. The summed E-state index contributed by atoms with van der Waals surface area (Å²) in [6.07, 6.45) is 3.08. The second-order valence-electron chi connectivity index (χ2n) is 6.02. The fourth-order valence-corrected chi connectivity index (χ4v) is 2.43. The van der Waals surface area contributed by atoms with Crippen LogP contribution in [0.1, 0.15) is 12.5 Å². The molecule has 0 heterocycles. The Hall–Kier alpha value is -2.01. The van der Waals surface area contributed by atoms with Gasteiger partial charge in [0.15, 0.2) is 5.75 Å². The average Bonchev–Trinajstić information content (AvgIpc) is 2.41. The molecule has 1 rings (SSSR count). The number of rotatable bonds is 7. The molecule has 1 aromatic carbocycles. The van der Waals surface area contributed by atoms with E-state index in [4.69, 9.17) is 13.9 Å². The molecule has 0 spiro atoms. The standard InChI is InChI=1S/C17H24O4Si/c1-13(2)12-20-17(18)10-8-14-7-9-15(19-3)16(11-14)21-22(4,5)6/h7-11H,1,12H2,2-6H3/b10-8+. The molecule has 0 saturated carbocycles. The summed E-state index contributed by atoms with van der Waals surface area (Å²) in [5, 5.41) is 0. The number of esters is 1. The molecule has 0 N–H and O–H groups in total. The molecule has 1 aromatic rings. The van der Waals surface area contributed by atoms with Crippen molar-refractivity contribution in [1.82, 2.24) is 0 Å². The van der Waals surface area contributed by atoms with Crippen molar-refractivity contribution in [3.05, 3.63) is 42.0 Å². The second-order valence-corrected chi connectivity index (χ2v) is 10.5. The van der Waals surface area contributed by atoms with Crippen molar-refractivity contribution in [2.45, 2.75) is 26.6 Å². The normalized spacial score (nSPS) is 11.3. The van der Waals surface area contributed by atoms with Crippen molar-refractivity contribution < 1.29 is 18.7 Å². The van der Waals surface area contributed by atoms with Crippen LogP contribution in [-0.4, -0.2) is 28.0 Å². The monoisotopic (exact) mass is 320 g/mol. The number of carbonyl (C=O) groups is 1. The highest BCUT2D eigenvalue weighted by Crippen LogP contribution is 2.30. The van der Waals surface area contributed by atoms with Crippen molar-refractivity contribution >= 4 is 20.4 Å². The van der Waals surface area contributed by atoms with Crippen molar-refractivity contribution in [3.8, 4) is 11.5 Å². The predicted molar refractivity (Wildman–Crippen MR) is 91.8 cm³/mol. The summed E-state index contributed by atoms with van der Waals surface area (Å²) in [7, 11) is -0.136. The van der Waals surface area contributed by atoms with Crippen LogP contribution >= 0.6 is 0 Å². The number of carbonyl (C=O) groups excluding carboxylic acids is 1. The quantitative estimate of drug-likeness (QED) is 0.329. The largest absolute Gasteiger partial charge is 0.542 e. The van der Waals surface area contributed by atoms with Gasteiger partial charge >= 0.3 is 5.97 Å². The molecule has 0 atom stereocenters. The maximum absolute atomic E-state index is 11.6. The van der Waals surface area contributed by atoms with Gasteiger partial charge in [0.25, 0.3) is 0 Å². The first kappa shape index (κ1) is 18.0. The maximum atomic E-state index is 11.6. The fourth-order valence-electron chi connectivity index (χ4n) is 1.61. The summed E-state index contributed by atoms with van der Waals surface area (Å²) in [5.41, 5.74) is 1.65. The second kappa shape index (κ2) is 7.84. The van der Waals surface area contributed by atoms with Crippen molar-refractivity contribution in [2.75, 3.05) is 13.7 Å². The van der Waals surface area contributed by atoms with Crippen LogP contribution in [0.5, 0.6) is 11.5 Å². The molecule has 0 radical (unpaired) electrons. The lowest BCUT2D eigenvalue weighted by Gasteiger charge is -2.21. The van der Waals surface area contributed by atoms with E-state index in [0.29, 0.717) is 11.5 Å². The van der Waals surface area contributed by atoms with Crippen molar-refractivity contribution in [3.63, 3.8) is 0 Å². The molecule has 5 heteroatoms. The Labute approximate surface area is 133 Å². The third-order valence-corrected chi connectivity index (χ3v) is 3.31. The highest BCUT2D eigenvalue weighted by molar-refractivity contribution is 6.70. The summed E-state index contributed by atoms with van der Waals surface area (Å²) in [5.74, 6) is 0.982. The van der Waals surface area contributed by atoms with Gasteiger partial charge in [-0.05, 0) is 55.9 Å². The molecule has 0 aliphatic carbocycles. The fraction of sp³-hybridized carbons (Fsp3) is 0.353. The molecule has 0 aromatic heterocycles.